The lowest BCUT2D eigenvalue weighted by atomic mass is 9.95. The van der Waals surface area contributed by atoms with Crippen molar-refractivity contribution in [2.75, 3.05) is 20.1 Å². The van der Waals surface area contributed by atoms with Gasteiger partial charge in [-0.15, -0.1) is 13.2 Å². The van der Waals surface area contributed by atoms with Crippen molar-refractivity contribution in [3.63, 3.8) is 0 Å². The second-order valence-corrected chi connectivity index (χ2v) is 8.20. The van der Waals surface area contributed by atoms with Crippen LogP contribution in [-0.2, 0) is 10.0 Å². The molecule has 1 aliphatic heterocycles. The summed E-state index contributed by atoms with van der Waals surface area (Å²) in [6.45, 7) is 1.24. The highest BCUT2D eigenvalue weighted by atomic mass is 32.2. The summed E-state index contributed by atoms with van der Waals surface area (Å²) in [5.41, 5.74) is 1.03. The van der Waals surface area contributed by atoms with Crippen molar-refractivity contribution < 1.29 is 26.3 Å². The number of rotatable bonds is 5. The van der Waals surface area contributed by atoms with Crippen molar-refractivity contribution in [1.29, 1.82) is 0 Å². The number of hydrogen-bond acceptors (Lipinski definition) is 4. The summed E-state index contributed by atoms with van der Waals surface area (Å²) < 4.78 is 68.5. The molecule has 1 heterocycles. The topological polar surface area (TPSA) is 58.6 Å². The van der Waals surface area contributed by atoms with Gasteiger partial charge in [0, 0.05) is 25.0 Å². The molecule has 0 spiro atoms. The number of alkyl halides is 3. The Kier molecular flexibility index (Phi) is 5.45. The summed E-state index contributed by atoms with van der Waals surface area (Å²) in [5, 5.41) is 0. The lowest BCUT2D eigenvalue weighted by Crippen LogP contribution is -2.39. The van der Waals surface area contributed by atoms with E-state index in [0.717, 1.165) is 29.8 Å². The molecule has 0 bridgehead atoms. The van der Waals surface area contributed by atoms with Crippen LogP contribution in [0.15, 0.2) is 59.5 Å². The molecular weight excluding hydrogens is 381 g/mol. The SMILES string of the molecule is CN1CC(NS(=O)(=O)c2ccc(OC(F)(F)F)cc2)C(c2ccccc2)C1. The largest absolute Gasteiger partial charge is 0.573 e. The molecule has 9 heteroatoms. The van der Waals surface area contributed by atoms with Gasteiger partial charge >= 0.3 is 6.36 Å². The molecule has 1 N–H and O–H groups in total. The van der Waals surface area contributed by atoms with Crippen LogP contribution in [0.4, 0.5) is 13.2 Å². The summed E-state index contributed by atoms with van der Waals surface area (Å²) in [7, 11) is -1.97. The third-order valence-electron chi connectivity index (χ3n) is 4.40. The highest BCUT2D eigenvalue weighted by Gasteiger charge is 2.35. The third kappa shape index (κ3) is 5.00. The van der Waals surface area contributed by atoms with E-state index in [-0.39, 0.29) is 16.9 Å². The number of likely N-dealkylation sites (N-methyl/N-ethyl adjacent to an activating group) is 1. The lowest BCUT2D eigenvalue weighted by molar-refractivity contribution is -0.274. The fraction of sp³-hybridized carbons (Fsp3) is 0.333. The fourth-order valence-corrected chi connectivity index (χ4v) is 4.51. The molecule has 0 radical (unpaired) electrons. The minimum atomic E-state index is -4.82. The highest BCUT2D eigenvalue weighted by Crippen LogP contribution is 2.29. The molecule has 0 aliphatic carbocycles. The molecule has 2 aromatic rings. The fourth-order valence-electron chi connectivity index (χ4n) is 3.25. The summed E-state index contributed by atoms with van der Waals surface area (Å²) in [4.78, 5) is 1.92. The van der Waals surface area contributed by atoms with E-state index in [2.05, 4.69) is 9.46 Å². The number of ether oxygens (including phenoxy) is 1. The van der Waals surface area contributed by atoms with Crippen molar-refractivity contribution in [1.82, 2.24) is 9.62 Å². The molecule has 27 heavy (non-hydrogen) atoms. The van der Waals surface area contributed by atoms with Crippen LogP contribution in [0, 0.1) is 0 Å². The Hall–Kier alpha value is -2.10. The van der Waals surface area contributed by atoms with E-state index in [1.165, 1.54) is 0 Å². The molecule has 0 amide bonds. The van der Waals surface area contributed by atoms with E-state index in [0.29, 0.717) is 13.1 Å². The van der Waals surface area contributed by atoms with E-state index >= 15 is 0 Å². The van der Waals surface area contributed by atoms with Gasteiger partial charge < -0.3 is 9.64 Å². The van der Waals surface area contributed by atoms with E-state index in [1.807, 2.05) is 42.3 Å². The van der Waals surface area contributed by atoms with Gasteiger partial charge in [-0.1, -0.05) is 30.3 Å². The van der Waals surface area contributed by atoms with Gasteiger partial charge in [0.05, 0.1) is 4.90 Å². The van der Waals surface area contributed by atoms with Crippen LogP contribution in [0.5, 0.6) is 5.75 Å². The van der Waals surface area contributed by atoms with Gasteiger partial charge in [-0.2, -0.15) is 0 Å². The van der Waals surface area contributed by atoms with Gasteiger partial charge in [-0.05, 0) is 36.9 Å². The number of nitrogens with one attached hydrogen (secondary N) is 1. The molecule has 146 valence electrons. The molecule has 1 fully saturated rings. The van der Waals surface area contributed by atoms with Crippen LogP contribution in [0.1, 0.15) is 11.5 Å². The Morgan fingerprint density at radius 1 is 1.04 bits per heavy atom. The van der Waals surface area contributed by atoms with E-state index in [4.69, 9.17) is 0 Å². The molecule has 5 nitrogen and oxygen atoms in total. The molecule has 1 aliphatic rings. The molecule has 2 unspecified atom stereocenters. The van der Waals surface area contributed by atoms with Gasteiger partial charge in [-0.3, -0.25) is 0 Å². The first-order valence-corrected chi connectivity index (χ1v) is 9.74. The third-order valence-corrected chi connectivity index (χ3v) is 5.91. The van der Waals surface area contributed by atoms with Crippen molar-refractivity contribution in [2.24, 2.45) is 0 Å². The Bertz CT molecular complexity index is 871. The number of benzene rings is 2. The summed E-state index contributed by atoms with van der Waals surface area (Å²) >= 11 is 0. The van der Waals surface area contributed by atoms with E-state index < -0.39 is 22.1 Å². The van der Waals surface area contributed by atoms with Crippen LogP contribution >= 0.6 is 0 Å². The van der Waals surface area contributed by atoms with Crippen LogP contribution in [0.25, 0.3) is 0 Å². The minimum absolute atomic E-state index is 0.0150. The van der Waals surface area contributed by atoms with E-state index in [9.17, 15) is 21.6 Å². The summed E-state index contributed by atoms with van der Waals surface area (Å²) in [6.07, 6.45) is -4.82. The maximum absolute atomic E-state index is 12.7. The average molecular weight is 400 g/mol. The maximum atomic E-state index is 12.7. The molecule has 0 saturated carbocycles. The van der Waals surface area contributed by atoms with Gasteiger partial charge in [0.15, 0.2) is 0 Å². The first-order chi connectivity index (χ1) is 12.6. The average Bonchev–Trinajstić information content (AvgIpc) is 2.94. The van der Waals surface area contributed by atoms with Gasteiger partial charge in [-0.25, -0.2) is 13.1 Å². The predicted octanol–water partition coefficient (Wildman–Crippen LogP) is 2.96. The number of nitrogens with zero attached hydrogens (tertiary/aromatic N) is 1. The zero-order valence-corrected chi connectivity index (χ0v) is 15.3. The Morgan fingerprint density at radius 2 is 1.67 bits per heavy atom. The minimum Gasteiger partial charge on any atom is -0.406 e. The molecule has 3 rings (SSSR count). The number of halogens is 3. The van der Waals surface area contributed by atoms with Gasteiger partial charge in [0.1, 0.15) is 5.75 Å². The predicted molar refractivity (Wildman–Crippen MR) is 93.9 cm³/mol. The van der Waals surface area contributed by atoms with Crippen LogP contribution in [0.3, 0.4) is 0 Å². The Balaban J connectivity index is 1.77. The zero-order chi connectivity index (χ0) is 19.7. The monoisotopic (exact) mass is 400 g/mol. The number of hydrogen-bond donors (Lipinski definition) is 1. The van der Waals surface area contributed by atoms with Crippen molar-refractivity contribution in [2.45, 2.75) is 23.2 Å². The zero-order valence-electron chi connectivity index (χ0n) is 14.5. The quantitative estimate of drug-likeness (QED) is 0.839. The molecule has 2 aromatic carbocycles. The molecule has 2 atom stereocenters. The Labute approximate surface area is 155 Å². The number of sulfonamides is 1. The lowest BCUT2D eigenvalue weighted by Gasteiger charge is -2.20. The molecule has 1 saturated heterocycles. The smallest absolute Gasteiger partial charge is 0.406 e. The van der Waals surface area contributed by atoms with Crippen molar-refractivity contribution in [3.05, 3.63) is 60.2 Å². The second-order valence-electron chi connectivity index (χ2n) is 6.49. The summed E-state index contributed by atoms with van der Waals surface area (Å²) in [5.74, 6) is -0.483. The second kappa shape index (κ2) is 7.49. The van der Waals surface area contributed by atoms with Crippen LogP contribution in [-0.4, -0.2) is 45.9 Å². The standard InChI is InChI=1S/C18H19F3N2O3S/c1-23-11-16(13-5-3-2-4-6-13)17(12-23)22-27(24,25)15-9-7-14(8-10-15)26-18(19,20)21/h2-10,16-17,22H,11-12H2,1H3. The number of likely N-dealkylation sites (tertiary alicyclic amines) is 1. The molecule has 0 aromatic heterocycles. The maximum Gasteiger partial charge on any atom is 0.573 e. The van der Waals surface area contributed by atoms with Gasteiger partial charge in [0.2, 0.25) is 10.0 Å². The first-order valence-electron chi connectivity index (χ1n) is 8.26. The van der Waals surface area contributed by atoms with E-state index in [1.54, 1.807) is 0 Å². The Morgan fingerprint density at radius 3 is 2.26 bits per heavy atom. The van der Waals surface area contributed by atoms with Crippen molar-refractivity contribution in [3.8, 4) is 5.75 Å². The normalized spacial score (nSPS) is 21.3. The summed E-state index contributed by atoms with van der Waals surface area (Å²) in [6, 6.07) is 13.4. The molecular formula is C18H19F3N2O3S. The van der Waals surface area contributed by atoms with Crippen LogP contribution < -0.4 is 9.46 Å². The highest BCUT2D eigenvalue weighted by molar-refractivity contribution is 7.89. The first kappa shape index (κ1) is 19.7. The van der Waals surface area contributed by atoms with Crippen LogP contribution in [0.2, 0.25) is 0 Å². The van der Waals surface area contributed by atoms with Gasteiger partial charge in [0.25, 0.3) is 0 Å². The van der Waals surface area contributed by atoms with Crippen molar-refractivity contribution >= 4 is 10.0 Å².